The van der Waals surface area contributed by atoms with Gasteiger partial charge >= 0.3 is 0 Å². The van der Waals surface area contributed by atoms with Crippen LogP contribution in [0.2, 0.25) is 0 Å². The monoisotopic (exact) mass is 391 g/mol. The van der Waals surface area contributed by atoms with Crippen molar-refractivity contribution in [1.29, 1.82) is 0 Å². The molecular weight excluding hydrogens is 370 g/mol. The molecule has 1 fully saturated rings. The van der Waals surface area contributed by atoms with Crippen molar-refractivity contribution in [3.8, 4) is 11.5 Å². The topological polar surface area (TPSA) is 69.0 Å². The van der Waals surface area contributed by atoms with Gasteiger partial charge in [-0.1, -0.05) is 12.1 Å². The van der Waals surface area contributed by atoms with Crippen LogP contribution in [0.5, 0.6) is 11.5 Å². The van der Waals surface area contributed by atoms with Crippen molar-refractivity contribution in [2.75, 3.05) is 19.9 Å². The van der Waals surface area contributed by atoms with E-state index in [1.54, 1.807) is 36.6 Å². The predicted molar refractivity (Wildman–Crippen MR) is 107 cm³/mol. The molecule has 0 bridgehead atoms. The fourth-order valence-electron chi connectivity index (χ4n) is 4.17. The second-order valence-corrected chi connectivity index (χ2v) is 7.59. The molecule has 0 saturated carbocycles. The fourth-order valence-corrected chi connectivity index (χ4v) is 4.17. The van der Waals surface area contributed by atoms with E-state index in [0.29, 0.717) is 46.7 Å². The summed E-state index contributed by atoms with van der Waals surface area (Å²) in [5.74, 6) is 1.31. The van der Waals surface area contributed by atoms with Gasteiger partial charge in [0.1, 0.15) is 5.58 Å². The molecule has 0 N–H and O–H groups in total. The molecular formula is C23H21NO5. The quantitative estimate of drug-likeness (QED) is 0.633. The van der Waals surface area contributed by atoms with Crippen LogP contribution in [-0.4, -0.2) is 30.6 Å². The van der Waals surface area contributed by atoms with Crippen molar-refractivity contribution in [1.82, 2.24) is 4.90 Å². The molecule has 6 nitrogen and oxygen atoms in total. The Morgan fingerprint density at radius 1 is 1.10 bits per heavy atom. The van der Waals surface area contributed by atoms with Gasteiger partial charge in [-0.2, -0.15) is 0 Å². The molecule has 1 aromatic heterocycles. The summed E-state index contributed by atoms with van der Waals surface area (Å²) in [6.45, 7) is 2.16. The molecule has 1 atom stereocenters. The first-order valence-corrected chi connectivity index (χ1v) is 9.85. The Kier molecular flexibility index (Phi) is 4.56. The van der Waals surface area contributed by atoms with Gasteiger partial charge in [0.2, 0.25) is 6.79 Å². The zero-order valence-corrected chi connectivity index (χ0v) is 15.9. The van der Waals surface area contributed by atoms with Crippen LogP contribution in [0.25, 0.3) is 11.0 Å². The van der Waals surface area contributed by atoms with Crippen LogP contribution < -0.4 is 14.9 Å². The molecule has 2 aliphatic rings. The maximum Gasteiger partial charge on any atom is 0.231 e. The molecule has 3 aromatic rings. The minimum atomic E-state index is -0.100. The average Bonchev–Trinajstić information content (AvgIpc) is 3.23. The Bertz CT molecular complexity index is 1140. The van der Waals surface area contributed by atoms with Crippen LogP contribution in [0.1, 0.15) is 28.8 Å². The SMILES string of the molecule is O=C(c1ccc2c(c1)OCO2)[C@@H]1CCCN(Cc2coc3ccccc3c2=O)C1. The van der Waals surface area contributed by atoms with Crippen LogP contribution in [0.15, 0.2) is 57.9 Å². The Morgan fingerprint density at radius 3 is 2.90 bits per heavy atom. The number of benzene rings is 2. The van der Waals surface area contributed by atoms with Crippen molar-refractivity contribution in [2.24, 2.45) is 5.92 Å². The Morgan fingerprint density at radius 2 is 1.97 bits per heavy atom. The number of para-hydroxylation sites is 1. The molecule has 148 valence electrons. The van der Waals surface area contributed by atoms with Crippen LogP contribution >= 0.6 is 0 Å². The van der Waals surface area contributed by atoms with E-state index in [9.17, 15) is 9.59 Å². The van der Waals surface area contributed by atoms with Gasteiger partial charge < -0.3 is 13.9 Å². The number of ketones is 1. The molecule has 2 aromatic carbocycles. The van der Waals surface area contributed by atoms with Crippen molar-refractivity contribution in [2.45, 2.75) is 19.4 Å². The smallest absolute Gasteiger partial charge is 0.231 e. The van der Waals surface area contributed by atoms with Gasteiger partial charge in [0.25, 0.3) is 0 Å². The van der Waals surface area contributed by atoms with Gasteiger partial charge in [-0.25, -0.2) is 0 Å². The zero-order valence-electron chi connectivity index (χ0n) is 15.9. The summed E-state index contributed by atoms with van der Waals surface area (Å²) in [5, 5.41) is 0.593. The summed E-state index contributed by atoms with van der Waals surface area (Å²) in [6.07, 6.45) is 3.31. The highest BCUT2D eigenvalue weighted by atomic mass is 16.7. The molecule has 0 unspecified atom stereocenters. The highest BCUT2D eigenvalue weighted by Crippen LogP contribution is 2.34. The summed E-state index contributed by atoms with van der Waals surface area (Å²) in [6, 6.07) is 12.6. The number of rotatable bonds is 4. The van der Waals surface area contributed by atoms with Crippen LogP contribution in [0, 0.1) is 5.92 Å². The predicted octanol–water partition coefficient (Wildman–Crippen LogP) is 3.62. The van der Waals surface area contributed by atoms with E-state index in [1.807, 2.05) is 12.1 Å². The number of hydrogen-bond donors (Lipinski definition) is 0. The summed E-state index contributed by atoms with van der Waals surface area (Å²) in [7, 11) is 0. The molecule has 5 rings (SSSR count). The second kappa shape index (κ2) is 7.37. The number of ether oxygens (including phenoxy) is 2. The van der Waals surface area contributed by atoms with E-state index in [-0.39, 0.29) is 23.9 Å². The molecule has 29 heavy (non-hydrogen) atoms. The lowest BCUT2D eigenvalue weighted by Gasteiger charge is -2.31. The number of carbonyl (C=O) groups is 1. The minimum Gasteiger partial charge on any atom is -0.464 e. The number of Topliss-reactive ketones (excluding diaryl/α,β-unsaturated/α-hetero) is 1. The number of piperidine rings is 1. The third-order valence-electron chi connectivity index (χ3n) is 5.68. The number of hydrogen-bond acceptors (Lipinski definition) is 6. The molecule has 3 heterocycles. The highest BCUT2D eigenvalue weighted by Gasteiger charge is 2.28. The normalized spacial score (nSPS) is 18.8. The van der Waals surface area contributed by atoms with Crippen LogP contribution in [-0.2, 0) is 6.54 Å². The average molecular weight is 391 g/mol. The number of nitrogens with zero attached hydrogens (tertiary/aromatic N) is 1. The van der Waals surface area contributed by atoms with Crippen LogP contribution in [0.3, 0.4) is 0 Å². The molecule has 6 heteroatoms. The summed E-state index contributed by atoms with van der Waals surface area (Å²) >= 11 is 0. The van der Waals surface area contributed by atoms with Gasteiger partial charge in [0.05, 0.1) is 11.6 Å². The van der Waals surface area contributed by atoms with Crippen molar-refractivity contribution >= 4 is 16.8 Å². The Hall–Kier alpha value is -3.12. The first-order chi connectivity index (χ1) is 14.2. The van der Waals surface area contributed by atoms with Gasteiger partial charge in [0, 0.05) is 30.1 Å². The van der Waals surface area contributed by atoms with E-state index in [4.69, 9.17) is 13.9 Å². The summed E-state index contributed by atoms with van der Waals surface area (Å²) < 4.78 is 16.4. The zero-order chi connectivity index (χ0) is 19.8. The second-order valence-electron chi connectivity index (χ2n) is 7.59. The van der Waals surface area contributed by atoms with Gasteiger partial charge in [0.15, 0.2) is 22.7 Å². The number of fused-ring (bicyclic) bond motifs is 2. The van der Waals surface area contributed by atoms with Gasteiger partial charge in [-0.3, -0.25) is 14.5 Å². The standard InChI is InChI=1S/C23H21NO5/c25-22(15-7-8-20-21(10-15)29-14-28-20)16-4-3-9-24(11-16)12-17-13-27-19-6-2-1-5-18(19)23(17)26/h1-2,5-8,10,13,16H,3-4,9,11-12,14H2/t16-/m1/s1. The molecule has 0 amide bonds. The van der Waals surface area contributed by atoms with E-state index in [0.717, 1.165) is 19.4 Å². The Labute approximate surface area is 167 Å². The largest absolute Gasteiger partial charge is 0.464 e. The third kappa shape index (κ3) is 3.40. The highest BCUT2D eigenvalue weighted by molar-refractivity contribution is 5.98. The van der Waals surface area contributed by atoms with Gasteiger partial charge in [-0.15, -0.1) is 0 Å². The van der Waals surface area contributed by atoms with E-state index in [2.05, 4.69) is 4.90 Å². The van der Waals surface area contributed by atoms with Crippen molar-refractivity contribution in [3.63, 3.8) is 0 Å². The van der Waals surface area contributed by atoms with E-state index >= 15 is 0 Å². The lowest BCUT2D eigenvalue weighted by atomic mass is 9.89. The third-order valence-corrected chi connectivity index (χ3v) is 5.68. The van der Waals surface area contributed by atoms with Crippen molar-refractivity contribution < 1.29 is 18.7 Å². The number of likely N-dealkylation sites (tertiary alicyclic amines) is 1. The molecule has 2 aliphatic heterocycles. The maximum absolute atomic E-state index is 13.0. The molecule has 0 spiro atoms. The number of carbonyl (C=O) groups excluding carboxylic acids is 1. The lowest BCUT2D eigenvalue weighted by Crippen LogP contribution is -2.39. The summed E-state index contributed by atoms with van der Waals surface area (Å²) in [4.78, 5) is 28.0. The van der Waals surface area contributed by atoms with E-state index < -0.39 is 0 Å². The first-order valence-electron chi connectivity index (χ1n) is 9.85. The molecule has 0 radical (unpaired) electrons. The van der Waals surface area contributed by atoms with E-state index in [1.165, 1.54) is 0 Å². The van der Waals surface area contributed by atoms with Gasteiger partial charge in [-0.05, 0) is 49.7 Å². The Balaban J connectivity index is 1.33. The molecule has 0 aliphatic carbocycles. The minimum absolute atomic E-state index is 0.00364. The van der Waals surface area contributed by atoms with Crippen LogP contribution in [0.4, 0.5) is 0 Å². The molecule has 1 saturated heterocycles. The first kappa shape index (κ1) is 17.9. The van der Waals surface area contributed by atoms with Crippen molar-refractivity contribution in [3.05, 3.63) is 70.1 Å². The lowest BCUT2D eigenvalue weighted by molar-refractivity contribution is 0.0810. The maximum atomic E-state index is 13.0. The fraction of sp³-hybridized carbons (Fsp3) is 0.304. The summed E-state index contributed by atoms with van der Waals surface area (Å²) in [5.41, 5.74) is 1.86.